The molecule has 0 aromatic heterocycles. The number of nitriles is 1. The second-order valence-corrected chi connectivity index (χ2v) is 4.48. The van der Waals surface area contributed by atoms with Gasteiger partial charge in [0.1, 0.15) is 0 Å². The molecule has 17 heavy (non-hydrogen) atoms. The summed E-state index contributed by atoms with van der Waals surface area (Å²) in [5.41, 5.74) is 3.31. The van der Waals surface area contributed by atoms with E-state index in [4.69, 9.17) is 5.26 Å². The number of aryl methyl sites for hydroxylation is 1. The van der Waals surface area contributed by atoms with E-state index < -0.39 is 0 Å². The van der Waals surface area contributed by atoms with Gasteiger partial charge in [0.25, 0.3) is 0 Å². The molecule has 0 spiro atoms. The molecule has 0 N–H and O–H groups in total. The SMILES string of the molecule is CCCCN(CC)Cc1ccc(C#N)cc1C. The summed E-state index contributed by atoms with van der Waals surface area (Å²) >= 11 is 0. The standard InChI is InChI=1S/C15H22N2/c1-4-6-9-17(5-2)12-15-8-7-14(11-16)10-13(15)3/h7-8,10H,4-6,9,12H2,1-3H3. The number of hydrogen-bond acceptors (Lipinski definition) is 2. The molecule has 0 fully saturated rings. The average molecular weight is 230 g/mol. The van der Waals surface area contributed by atoms with Gasteiger partial charge < -0.3 is 0 Å². The van der Waals surface area contributed by atoms with Crippen molar-refractivity contribution in [3.8, 4) is 6.07 Å². The summed E-state index contributed by atoms with van der Waals surface area (Å²) in [6.45, 7) is 9.75. The van der Waals surface area contributed by atoms with E-state index in [0.717, 1.165) is 25.2 Å². The Labute approximate surface area is 105 Å². The normalized spacial score (nSPS) is 10.5. The molecule has 2 nitrogen and oxygen atoms in total. The number of rotatable bonds is 6. The zero-order valence-electron chi connectivity index (χ0n) is 11.2. The Bertz CT molecular complexity index is 390. The van der Waals surface area contributed by atoms with E-state index in [1.807, 2.05) is 12.1 Å². The fourth-order valence-corrected chi connectivity index (χ4v) is 1.91. The van der Waals surface area contributed by atoms with Gasteiger partial charge in [0.15, 0.2) is 0 Å². The molecule has 0 atom stereocenters. The minimum Gasteiger partial charge on any atom is -0.299 e. The molecule has 0 heterocycles. The Hall–Kier alpha value is -1.33. The van der Waals surface area contributed by atoms with Crippen LogP contribution in [0.1, 0.15) is 43.4 Å². The minimum absolute atomic E-state index is 0.753. The number of benzene rings is 1. The first-order valence-electron chi connectivity index (χ1n) is 6.43. The van der Waals surface area contributed by atoms with Gasteiger partial charge in [0, 0.05) is 6.54 Å². The molecule has 0 saturated heterocycles. The topological polar surface area (TPSA) is 27.0 Å². The van der Waals surface area contributed by atoms with Crippen molar-refractivity contribution in [1.29, 1.82) is 5.26 Å². The van der Waals surface area contributed by atoms with Gasteiger partial charge in [0.2, 0.25) is 0 Å². The third-order valence-corrected chi connectivity index (χ3v) is 3.14. The van der Waals surface area contributed by atoms with Crippen molar-refractivity contribution in [3.05, 3.63) is 34.9 Å². The van der Waals surface area contributed by atoms with Crippen LogP contribution in [0.15, 0.2) is 18.2 Å². The maximum Gasteiger partial charge on any atom is 0.0991 e. The maximum atomic E-state index is 8.84. The lowest BCUT2D eigenvalue weighted by atomic mass is 10.1. The first-order chi connectivity index (χ1) is 8.21. The fraction of sp³-hybridized carbons (Fsp3) is 0.533. The molecule has 0 aliphatic carbocycles. The van der Waals surface area contributed by atoms with Crippen LogP contribution < -0.4 is 0 Å². The minimum atomic E-state index is 0.753. The highest BCUT2D eigenvalue weighted by Crippen LogP contribution is 2.13. The Kier molecular flexibility index (Phi) is 5.72. The van der Waals surface area contributed by atoms with Crippen molar-refractivity contribution in [1.82, 2.24) is 4.90 Å². The van der Waals surface area contributed by atoms with Gasteiger partial charge in [-0.3, -0.25) is 4.90 Å². The van der Waals surface area contributed by atoms with Crippen LogP contribution >= 0.6 is 0 Å². The van der Waals surface area contributed by atoms with Crippen LogP contribution in [0, 0.1) is 18.3 Å². The summed E-state index contributed by atoms with van der Waals surface area (Å²) < 4.78 is 0. The van der Waals surface area contributed by atoms with Gasteiger partial charge in [-0.15, -0.1) is 0 Å². The van der Waals surface area contributed by atoms with E-state index in [0.29, 0.717) is 0 Å². The lowest BCUT2D eigenvalue weighted by Gasteiger charge is -2.21. The third kappa shape index (κ3) is 4.20. The second-order valence-electron chi connectivity index (χ2n) is 4.48. The Morgan fingerprint density at radius 2 is 2.06 bits per heavy atom. The zero-order valence-corrected chi connectivity index (χ0v) is 11.2. The first-order valence-corrected chi connectivity index (χ1v) is 6.43. The molecule has 0 saturated carbocycles. The van der Waals surface area contributed by atoms with Gasteiger partial charge in [-0.05, 0) is 49.7 Å². The summed E-state index contributed by atoms with van der Waals surface area (Å²) in [6.07, 6.45) is 2.49. The maximum absolute atomic E-state index is 8.84. The largest absolute Gasteiger partial charge is 0.299 e. The van der Waals surface area contributed by atoms with E-state index >= 15 is 0 Å². The monoisotopic (exact) mass is 230 g/mol. The van der Waals surface area contributed by atoms with Gasteiger partial charge in [-0.25, -0.2) is 0 Å². The zero-order chi connectivity index (χ0) is 12.7. The molecule has 0 aliphatic heterocycles. The molecule has 0 aliphatic rings. The highest BCUT2D eigenvalue weighted by molar-refractivity contribution is 5.37. The van der Waals surface area contributed by atoms with Crippen LogP contribution in [-0.4, -0.2) is 18.0 Å². The van der Waals surface area contributed by atoms with Crippen molar-refractivity contribution >= 4 is 0 Å². The molecular weight excluding hydrogens is 208 g/mol. The fourth-order valence-electron chi connectivity index (χ4n) is 1.91. The van der Waals surface area contributed by atoms with Crippen LogP contribution in [0.4, 0.5) is 0 Å². The van der Waals surface area contributed by atoms with E-state index in [1.165, 1.54) is 24.0 Å². The van der Waals surface area contributed by atoms with Gasteiger partial charge in [0.05, 0.1) is 11.6 Å². The highest BCUT2D eigenvalue weighted by Gasteiger charge is 2.06. The van der Waals surface area contributed by atoms with Gasteiger partial charge in [-0.1, -0.05) is 26.3 Å². The predicted molar refractivity (Wildman–Crippen MR) is 71.8 cm³/mol. The van der Waals surface area contributed by atoms with Crippen molar-refractivity contribution in [3.63, 3.8) is 0 Å². The Morgan fingerprint density at radius 3 is 2.59 bits per heavy atom. The number of unbranched alkanes of at least 4 members (excludes halogenated alkanes) is 1. The molecule has 0 radical (unpaired) electrons. The summed E-state index contributed by atoms with van der Waals surface area (Å²) in [5, 5.41) is 8.84. The molecule has 1 aromatic carbocycles. The molecule has 92 valence electrons. The van der Waals surface area contributed by atoms with Gasteiger partial charge >= 0.3 is 0 Å². The van der Waals surface area contributed by atoms with Crippen molar-refractivity contribution in [2.24, 2.45) is 0 Å². The molecule has 0 amide bonds. The molecule has 0 unspecified atom stereocenters. The first kappa shape index (κ1) is 13.7. The quantitative estimate of drug-likeness (QED) is 0.748. The van der Waals surface area contributed by atoms with Crippen LogP contribution in [0.25, 0.3) is 0 Å². The summed E-state index contributed by atoms with van der Waals surface area (Å²) in [7, 11) is 0. The molecule has 0 bridgehead atoms. The van der Waals surface area contributed by atoms with Crippen molar-refractivity contribution in [2.75, 3.05) is 13.1 Å². The second kappa shape index (κ2) is 7.09. The van der Waals surface area contributed by atoms with E-state index in [2.05, 4.69) is 37.8 Å². The Balaban J connectivity index is 2.69. The molecule has 1 aromatic rings. The highest BCUT2D eigenvalue weighted by atomic mass is 15.1. The van der Waals surface area contributed by atoms with E-state index in [1.54, 1.807) is 0 Å². The number of hydrogen-bond donors (Lipinski definition) is 0. The van der Waals surface area contributed by atoms with Crippen LogP contribution in [0.5, 0.6) is 0 Å². The summed E-state index contributed by atoms with van der Waals surface area (Å²) in [6, 6.07) is 8.16. The average Bonchev–Trinajstić information content (AvgIpc) is 2.36. The van der Waals surface area contributed by atoms with E-state index in [-0.39, 0.29) is 0 Å². The third-order valence-electron chi connectivity index (χ3n) is 3.14. The van der Waals surface area contributed by atoms with Crippen LogP contribution in [0.2, 0.25) is 0 Å². The predicted octanol–water partition coefficient (Wildman–Crippen LogP) is 3.49. The lowest BCUT2D eigenvalue weighted by molar-refractivity contribution is 0.275. The van der Waals surface area contributed by atoms with Crippen LogP contribution in [-0.2, 0) is 6.54 Å². The van der Waals surface area contributed by atoms with Gasteiger partial charge in [-0.2, -0.15) is 5.26 Å². The molecule has 1 rings (SSSR count). The number of nitrogens with zero attached hydrogens (tertiary/aromatic N) is 2. The lowest BCUT2D eigenvalue weighted by Crippen LogP contribution is -2.24. The summed E-state index contributed by atoms with van der Waals surface area (Å²) in [4.78, 5) is 2.46. The van der Waals surface area contributed by atoms with E-state index in [9.17, 15) is 0 Å². The van der Waals surface area contributed by atoms with Crippen molar-refractivity contribution < 1.29 is 0 Å². The Morgan fingerprint density at radius 1 is 1.29 bits per heavy atom. The van der Waals surface area contributed by atoms with Crippen LogP contribution in [0.3, 0.4) is 0 Å². The molecular formula is C15H22N2. The smallest absolute Gasteiger partial charge is 0.0991 e. The molecule has 2 heteroatoms. The van der Waals surface area contributed by atoms with Crippen molar-refractivity contribution in [2.45, 2.75) is 40.2 Å². The summed E-state index contributed by atoms with van der Waals surface area (Å²) in [5.74, 6) is 0.